The predicted octanol–water partition coefficient (Wildman–Crippen LogP) is -1.91. The fourth-order valence-electron chi connectivity index (χ4n) is 3.95. The van der Waals surface area contributed by atoms with Crippen LogP contribution < -0.4 is 44.8 Å². The van der Waals surface area contributed by atoms with Crippen LogP contribution in [0.3, 0.4) is 0 Å². The zero-order chi connectivity index (χ0) is 23.6. The molecule has 35 heavy (non-hydrogen) atoms. The summed E-state index contributed by atoms with van der Waals surface area (Å²) in [5.41, 5.74) is 3.01. The van der Waals surface area contributed by atoms with Gasteiger partial charge >= 0.3 is 0 Å². The topological polar surface area (TPSA) is 39.7 Å². The Kier molecular flexibility index (Phi) is 13.8. The number of hydrogen-bond donors (Lipinski definition) is 3. The van der Waals surface area contributed by atoms with Crippen molar-refractivity contribution in [3.63, 3.8) is 0 Å². The van der Waals surface area contributed by atoms with Gasteiger partial charge in [-0.15, -0.1) is 0 Å². The lowest BCUT2D eigenvalue weighted by Crippen LogP contribution is -3.17. The molecule has 0 heterocycles. The Hall–Kier alpha value is -2.24. The zero-order valence-electron chi connectivity index (χ0n) is 20.8. The fraction of sp³-hybridized carbons (Fsp3) is 0.321. The van der Waals surface area contributed by atoms with E-state index in [2.05, 4.69) is 50.1 Å². The molecule has 0 aliphatic rings. The first-order valence-corrected chi connectivity index (χ1v) is 12.1. The van der Waals surface area contributed by atoms with Gasteiger partial charge in [-0.25, -0.2) is 10.3 Å². The van der Waals surface area contributed by atoms with Crippen molar-refractivity contribution in [2.45, 2.75) is 46.2 Å². The second kappa shape index (κ2) is 15.7. The first-order chi connectivity index (χ1) is 15.9. The highest BCUT2D eigenvalue weighted by molar-refractivity contribution is 6.30. The molecule has 0 atom stereocenters. The maximum atomic E-state index is 6.03. The fourth-order valence-corrected chi connectivity index (χ4v) is 4.07. The predicted molar refractivity (Wildman–Crippen MR) is 139 cm³/mol. The summed E-state index contributed by atoms with van der Waals surface area (Å²) in [6.07, 6.45) is 1.04. The highest BCUT2D eigenvalue weighted by atomic mass is 35.5. The largest absolute Gasteiger partial charge is 1.00 e. The molecule has 0 aliphatic heterocycles. The average molecular weight is 537 g/mol. The molecule has 0 unspecified atom stereocenters. The molecule has 0 radical (unpaired) electrons. The number of rotatable bonds is 10. The van der Waals surface area contributed by atoms with Gasteiger partial charge in [0.2, 0.25) is 0 Å². The van der Waals surface area contributed by atoms with Crippen molar-refractivity contribution in [3.8, 4) is 5.75 Å². The van der Waals surface area contributed by atoms with Gasteiger partial charge in [-0.2, -0.15) is 0 Å². The number of ether oxygens (including phenoxy) is 1. The van der Waals surface area contributed by atoms with Crippen LogP contribution in [0.4, 0.5) is 11.4 Å². The lowest BCUT2D eigenvalue weighted by Gasteiger charge is -2.27. The third-order valence-corrected chi connectivity index (χ3v) is 5.91. The lowest BCUT2D eigenvalue weighted by atomic mass is 10.2. The molecule has 0 bridgehead atoms. The van der Waals surface area contributed by atoms with Crippen LogP contribution in [-0.4, -0.2) is 31.1 Å². The van der Waals surface area contributed by atoms with Crippen LogP contribution in [0, 0.1) is 0 Å². The van der Waals surface area contributed by atoms with Gasteiger partial charge in [0.15, 0.2) is 0 Å². The third kappa shape index (κ3) is 10.1. The van der Waals surface area contributed by atoms with Crippen LogP contribution in [0.1, 0.15) is 39.7 Å². The van der Waals surface area contributed by atoms with Crippen molar-refractivity contribution in [1.82, 2.24) is 0 Å². The molecule has 190 valence electrons. The molecule has 0 saturated carbocycles. The number of nitrogens with one attached hydrogen (secondary N) is 3. The zero-order valence-corrected chi connectivity index (χ0v) is 23.1. The molecule has 0 aromatic heterocycles. The lowest BCUT2D eigenvalue weighted by molar-refractivity contribution is -0.942. The number of hydrogen-bond acceptors (Lipinski definition) is 1. The number of anilines is 1. The van der Waals surface area contributed by atoms with E-state index >= 15 is 0 Å². The Morgan fingerprint density at radius 3 is 2.03 bits per heavy atom. The molecule has 7 heteroatoms. The Morgan fingerprint density at radius 2 is 1.46 bits per heavy atom. The van der Waals surface area contributed by atoms with Crippen LogP contribution >= 0.6 is 11.6 Å². The van der Waals surface area contributed by atoms with Crippen LogP contribution in [0.5, 0.6) is 5.75 Å². The van der Waals surface area contributed by atoms with Crippen molar-refractivity contribution < 1.29 is 39.4 Å². The van der Waals surface area contributed by atoms with Crippen molar-refractivity contribution in [3.05, 3.63) is 89.4 Å². The molecule has 0 spiro atoms. The van der Waals surface area contributed by atoms with E-state index < -0.39 is 0 Å². The van der Waals surface area contributed by atoms with Gasteiger partial charge in [0, 0.05) is 11.4 Å². The van der Waals surface area contributed by atoms with E-state index in [1.165, 1.54) is 0 Å². The molecular weight excluding hydrogens is 501 g/mol. The molecule has 4 nitrogen and oxygen atoms in total. The maximum Gasteiger partial charge on any atom is 0.285 e. The van der Waals surface area contributed by atoms with Gasteiger partial charge in [-0.05, 0) is 88.4 Å². The van der Waals surface area contributed by atoms with Gasteiger partial charge < -0.3 is 34.5 Å². The maximum absolute atomic E-state index is 6.03. The second-order valence-electron chi connectivity index (χ2n) is 8.86. The Morgan fingerprint density at radius 1 is 0.857 bits per heavy atom. The monoisotopic (exact) mass is 535 g/mol. The number of benzene rings is 3. The first kappa shape index (κ1) is 30.8. The van der Waals surface area contributed by atoms with Crippen LogP contribution in [0.15, 0.2) is 78.9 Å². The minimum absolute atomic E-state index is 0. The van der Waals surface area contributed by atoms with Gasteiger partial charge in [-0.1, -0.05) is 29.8 Å². The molecular formula is C28H36Cl3N3O. The summed E-state index contributed by atoms with van der Waals surface area (Å²) in [4.78, 5) is 5.09. The molecule has 3 N–H and O–H groups in total. The summed E-state index contributed by atoms with van der Waals surface area (Å²) in [6, 6.07) is 27.3. The Bertz CT molecular complexity index is 1000. The van der Waals surface area contributed by atoms with Crippen LogP contribution in [0.25, 0.3) is 0 Å². The summed E-state index contributed by atoms with van der Waals surface area (Å²) in [7, 11) is 0. The van der Waals surface area contributed by atoms with E-state index in [0.29, 0.717) is 17.1 Å². The molecule has 3 aromatic rings. The number of halogens is 3. The van der Waals surface area contributed by atoms with Gasteiger partial charge in [-0.3, -0.25) is 0 Å². The Labute approximate surface area is 227 Å². The number of quaternary nitrogens is 1. The van der Waals surface area contributed by atoms with Gasteiger partial charge in [0.1, 0.15) is 17.1 Å². The summed E-state index contributed by atoms with van der Waals surface area (Å²) in [5.74, 6) is 1.79. The average Bonchev–Trinajstić information content (AvgIpc) is 2.81. The molecule has 3 rings (SSSR count). The van der Waals surface area contributed by atoms with Crippen LogP contribution in [-0.2, 0) is 0 Å². The van der Waals surface area contributed by atoms with E-state index in [1.54, 1.807) is 4.90 Å². The van der Waals surface area contributed by atoms with Crippen molar-refractivity contribution in [2.75, 3.05) is 18.5 Å². The SMILES string of the molecule is CC(C)[NH+](CCCOc1ccc(NC(=[NH+]c2ccc(Cl)cc2)c2ccccc2)cc1)C(C)C.[Cl-].[Cl-]. The van der Waals surface area contributed by atoms with E-state index in [0.717, 1.165) is 48.1 Å². The highest BCUT2D eigenvalue weighted by Gasteiger charge is 2.16. The van der Waals surface area contributed by atoms with Crippen molar-refractivity contribution >= 4 is 28.8 Å². The van der Waals surface area contributed by atoms with E-state index in [9.17, 15) is 0 Å². The summed E-state index contributed by atoms with van der Waals surface area (Å²) >= 11 is 6.03. The van der Waals surface area contributed by atoms with Crippen molar-refractivity contribution in [1.29, 1.82) is 0 Å². The summed E-state index contributed by atoms with van der Waals surface area (Å²) in [6.45, 7) is 11.0. The highest BCUT2D eigenvalue weighted by Crippen LogP contribution is 2.16. The van der Waals surface area contributed by atoms with Crippen molar-refractivity contribution in [2.24, 2.45) is 0 Å². The molecule has 0 aliphatic carbocycles. The van der Waals surface area contributed by atoms with E-state index in [1.807, 2.05) is 66.7 Å². The summed E-state index contributed by atoms with van der Waals surface area (Å²) < 4.78 is 5.99. The molecule has 0 amide bonds. The van der Waals surface area contributed by atoms with Crippen LogP contribution in [0.2, 0.25) is 5.02 Å². The molecule has 0 fully saturated rings. The smallest absolute Gasteiger partial charge is 0.285 e. The minimum Gasteiger partial charge on any atom is -1.00 e. The second-order valence-corrected chi connectivity index (χ2v) is 9.30. The van der Waals surface area contributed by atoms with Gasteiger partial charge in [0.05, 0.1) is 30.8 Å². The molecule has 0 saturated heterocycles. The summed E-state index contributed by atoms with van der Waals surface area (Å²) in [5, 5.41) is 4.22. The van der Waals surface area contributed by atoms with E-state index in [-0.39, 0.29) is 24.8 Å². The number of amidine groups is 1. The standard InChI is InChI=1S/C28H34ClN3O.2ClH/c1-21(2)32(22(3)4)19-8-20-33-27-17-15-26(16-18-27)31-28(23-9-6-5-7-10-23)30-25-13-11-24(29)12-14-25;;/h5-7,9-18,21-22H,8,19-20H2,1-4H3,(H,30,31);2*1H. The normalized spacial score (nSPS) is 11.3. The Balaban J connectivity index is 0.00000306. The molecule has 3 aromatic carbocycles. The van der Waals surface area contributed by atoms with Gasteiger partial charge in [0.25, 0.3) is 5.84 Å². The third-order valence-electron chi connectivity index (χ3n) is 5.66. The first-order valence-electron chi connectivity index (χ1n) is 11.7. The quantitative estimate of drug-likeness (QED) is 0.161. The minimum atomic E-state index is 0. The van der Waals surface area contributed by atoms with E-state index in [4.69, 9.17) is 16.3 Å².